The molecule has 76 valence electrons. The maximum atomic E-state index is 5.75. The third-order valence-electron chi connectivity index (χ3n) is 2.97. The summed E-state index contributed by atoms with van der Waals surface area (Å²) >= 11 is 0. The predicted octanol–water partition coefficient (Wildman–Crippen LogP) is 0.573. The van der Waals surface area contributed by atoms with Gasteiger partial charge in [-0.05, 0) is 12.8 Å². The standard InChI is InChI=1S/C10H15N3O/c1-2-8-9(3-1)14-10(12-8)13-6-4-11-5-7-13/h11H,1-7H2. The number of oxazole rings is 1. The van der Waals surface area contributed by atoms with Gasteiger partial charge in [0.15, 0.2) is 0 Å². The van der Waals surface area contributed by atoms with Gasteiger partial charge in [0.2, 0.25) is 0 Å². The van der Waals surface area contributed by atoms with E-state index in [0.717, 1.165) is 50.8 Å². The summed E-state index contributed by atoms with van der Waals surface area (Å²) in [6, 6.07) is 0.844. The number of aryl methyl sites for hydroxylation is 2. The first kappa shape index (κ1) is 8.29. The van der Waals surface area contributed by atoms with E-state index in [2.05, 4.69) is 15.2 Å². The molecule has 0 saturated carbocycles. The summed E-state index contributed by atoms with van der Waals surface area (Å²) in [6.45, 7) is 4.10. The SMILES string of the molecule is C1Cc2nc(N3CCNCC3)oc2C1. The lowest BCUT2D eigenvalue weighted by Crippen LogP contribution is -2.43. The Labute approximate surface area is 83.3 Å². The lowest BCUT2D eigenvalue weighted by molar-refractivity contribution is 0.472. The van der Waals surface area contributed by atoms with Crippen molar-refractivity contribution in [1.82, 2.24) is 10.3 Å². The Bertz CT molecular complexity index is 307. The molecule has 1 aliphatic heterocycles. The number of hydrogen-bond acceptors (Lipinski definition) is 4. The van der Waals surface area contributed by atoms with Gasteiger partial charge in [-0.1, -0.05) is 0 Å². The Hall–Kier alpha value is -1.03. The minimum absolute atomic E-state index is 0.844. The van der Waals surface area contributed by atoms with E-state index >= 15 is 0 Å². The lowest BCUT2D eigenvalue weighted by atomic mass is 10.3. The number of piperazine rings is 1. The lowest BCUT2D eigenvalue weighted by Gasteiger charge is -2.25. The molecule has 14 heavy (non-hydrogen) atoms. The van der Waals surface area contributed by atoms with Crippen molar-refractivity contribution in [3.05, 3.63) is 11.5 Å². The van der Waals surface area contributed by atoms with Gasteiger partial charge < -0.3 is 14.6 Å². The number of nitrogens with one attached hydrogen (secondary N) is 1. The van der Waals surface area contributed by atoms with Gasteiger partial charge in [-0.2, -0.15) is 4.98 Å². The second-order valence-corrected chi connectivity index (χ2v) is 3.96. The minimum atomic E-state index is 0.844. The van der Waals surface area contributed by atoms with Gasteiger partial charge in [-0.3, -0.25) is 0 Å². The molecule has 1 aliphatic carbocycles. The van der Waals surface area contributed by atoms with Crippen LogP contribution in [0.15, 0.2) is 4.42 Å². The molecule has 4 nitrogen and oxygen atoms in total. The first-order valence-corrected chi connectivity index (χ1v) is 5.38. The van der Waals surface area contributed by atoms with Crippen molar-refractivity contribution >= 4 is 6.01 Å². The van der Waals surface area contributed by atoms with Crippen LogP contribution in [0.1, 0.15) is 17.9 Å². The van der Waals surface area contributed by atoms with Crippen molar-refractivity contribution < 1.29 is 4.42 Å². The smallest absolute Gasteiger partial charge is 0.297 e. The van der Waals surface area contributed by atoms with Crippen molar-refractivity contribution in [2.75, 3.05) is 31.1 Å². The van der Waals surface area contributed by atoms with E-state index in [-0.39, 0.29) is 0 Å². The largest absolute Gasteiger partial charge is 0.428 e. The van der Waals surface area contributed by atoms with Gasteiger partial charge >= 0.3 is 0 Å². The molecule has 1 fully saturated rings. The Kier molecular flexibility index (Phi) is 1.94. The van der Waals surface area contributed by atoms with Crippen LogP contribution in [-0.2, 0) is 12.8 Å². The van der Waals surface area contributed by atoms with E-state index in [1.807, 2.05) is 0 Å². The molecule has 0 bridgehead atoms. The van der Waals surface area contributed by atoms with Crippen LogP contribution in [0.3, 0.4) is 0 Å². The van der Waals surface area contributed by atoms with Crippen LogP contribution < -0.4 is 10.2 Å². The molecule has 0 spiro atoms. The second kappa shape index (κ2) is 3.28. The highest BCUT2D eigenvalue weighted by atomic mass is 16.4. The van der Waals surface area contributed by atoms with Crippen LogP contribution in [0.25, 0.3) is 0 Å². The molecule has 0 unspecified atom stereocenters. The molecule has 3 rings (SSSR count). The Morgan fingerprint density at radius 1 is 1.21 bits per heavy atom. The first-order chi connectivity index (χ1) is 6.93. The monoisotopic (exact) mass is 193 g/mol. The van der Waals surface area contributed by atoms with Gasteiger partial charge in [-0.25, -0.2) is 0 Å². The highest BCUT2D eigenvalue weighted by molar-refractivity contribution is 5.32. The van der Waals surface area contributed by atoms with E-state index in [1.54, 1.807) is 0 Å². The fraction of sp³-hybridized carbons (Fsp3) is 0.700. The quantitative estimate of drug-likeness (QED) is 0.708. The van der Waals surface area contributed by atoms with Crippen LogP contribution in [0.2, 0.25) is 0 Å². The molecule has 2 aliphatic rings. The Morgan fingerprint density at radius 2 is 2.07 bits per heavy atom. The molecule has 1 aromatic rings. The average molecular weight is 193 g/mol. The number of fused-ring (bicyclic) bond motifs is 1. The fourth-order valence-corrected chi connectivity index (χ4v) is 2.17. The molecule has 0 radical (unpaired) electrons. The highest BCUT2D eigenvalue weighted by Crippen LogP contribution is 2.26. The summed E-state index contributed by atoms with van der Waals surface area (Å²) in [7, 11) is 0. The van der Waals surface area contributed by atoms with Gasteiger partial charge in [0.05, 0.1) is 5.69 Å². The van der Waals surface area contributed by atoms with Crippen LogP contribution in [-0.4, -0.2) is 31.2 Å². The fourth-order valence-electron chi connectivity index (χ4n) is 2.17. The van der Waals surface area contributed by atoms with E-state index in [0.29, 0.717) is 0 Å². The maximum absolute atomic E-state index is 5.75. The first-order valence-electron chi connectivity index (χ1n) is 5.38. The zero-order valence-corrected chi connectivity index (χ0v) is 8.25. The second-order valence-electron chi connectivity index (χ2n) is 3.96. The predicted molar refractivity (Wildman–Crippen MR) is 53.6 cm³/mol. The average Bonchev–Trinajstić information content (AvgIpc) is 2.78. The number of aromatic nitrogens is 1. The molecule has 2 heterocycles. The third kappa shape index (κ3) is 1.30. The van der Waals surface area contributed by atoms with Crippen molar-refractivity contribution in [1.29, 1.82) is 0 Å². The number of hydrogen-bond donors (Lipinski definition) is 1. The van der Waals surface area contributed by atoms with Gasteiger partial charge in [0, 0.05) is 32.6 Å². The molecule has 1 aromatic heterocycles. The van der Waals surface area contributed by atoms with Crippen LogP contribution in [0, 0.1) is 0 Å². The molecule has 0 amide bonds. The van der Waals surface area contributed by atoms with Gasteiger partial charge in [0.25, 0.3) is 6.01 Å². The summed E-state index contributed by atoms with van der Waals surface area (Å²) in [5.74, 6) is 1.12. The van der Waals surface area contributed by atoms with E-state index in [1.165, 1.54) is 12.1 Å². The summed E-state index contributed by atoms with van der Waals surface area (Å²) in [5, 5.41) is 3.32. The molecule has 1 saturated heterocycles. The van der Waals surface area contributed by atoms with Crippen molar-refractivity contribution in [2.24, 2.45) is 0 Å². The van der Waals surface area contributed by atoms with Crippen molar-refractivity contribution in [2.45, 2.75) is 19.3 Å². The zero-order chi connectivity index (χ0) is 9.38. The van der Waals surface area contributed by atoms with Gasteiger partial charge in [0.1, 0.15) is 5.76 Å². The molecular formula is C10H15N3O. The molecule has 1 N–H and O–H groups in total. The molecule has 0 aromatic carbocycles. The maximum Gasteiger partial charge on any atom is 0.297 e. The zero-order valence-electron chi connectivity index (χ0n) is 8.25. The third-order valence-corrected chi connectivity index (χ3v) is 2.97. The minimum Gasteiger partial charge on any atom is -0.428 e. The molecule has 0 atom stereocenters. The van der Waals surface area contributed by atoms with E-state index in [4.69, 9.17) is 4.42 Å². The van der Waals surface area contributed by atoms with Crippen LogP contribution in [0.5, 0.6) is 0 Å². The summed E-state index contributed by atoms with van der Waals surface area (Å²) in [4.78, 5) is 6.78. The normalized spacial score (nSPS) is 21.3. The van der Waals surface area contributed by atoms with E-state index < -0.39 is 0 Å². The number of rotatable bonds is 1. The van der Waals surface area contributed by atoms with Crippen LogP contribution >= 0.6 is 0 Å². The van der Waals surface area contributed by atoms with Gasteiger partial charge in [-0.15, -0.1) is 0 Å². The van der Waals surface area contributed by atoms with Crippen molar-refractivity contribution in [3.8, 4) is 0 Å². The molecule has 4 heteroatoms. The Balaban J connectivity index is 1.82. The Morgan fingerprint density at radius 3 is 2.86 bits per heavy atom. The molecular weight excluding hydrogens is 178 g/mol. The van der Waals surface area contributed by atoms with Crippen LogP contribution in [0.4, 0.5) is 6.01 Å². The van der Waals surface area contributed by atoms with Crippen molar-refractivity contribution in [3.63, 3.8) is 0 Å². The number of nitrogens with zero attached hydrogens (tertiary/aromatic N) is 2. The van der Waals surface area contributed by atoms with E-state index in [9.17, 15) is 0 Å². The summed E-state index contributed by atoms with van der Waals surface area (Å²) in [6.07, 6.45) is 3.39. The summed E-state index contributed by atoms with van der Waals surface area (Å²) < 4.78 is 5.75. The topological polar surface area (TPSA) is 41.3 Å². The highest BCUT2D eigenvalue weighted by Gasteiger charge is 2.22. The number of anilines is 1. The summed E-state index contributed by atoms with van der Waals surface area (Å²) in [5.41, 5.74) is 1.19.